The van der Waals surface area contributed by atoms with Crippen LogP contribution in [0.1, 0.15) is 30.7 Å². The van der Waals surface area contributed by atoms with Crippen molar-refractivity contribution in [2.24, 2.45) is 11.1 Å². The maximum absolute atomic E-state index is 5.76. The van der Waals surface area contributed by atoms with Gasteiger partial charge in [-0.05, 0) is 44.2 Å². The summed E-state index contributed by atoms with van der Waals surface area (Å²) in [6.07, 6.45) is 4.94. The number of aromatic nitrogens is 3. The standard InChI is InChI=1S/C17H23N5O2S/c1-13-3-4-16(21-20-13)22-8-5-14(6-9-22)7-10-24-17-19-15(12-25-17)11-18-23-2/h3-4,11-12,14H,5-10H2,1-2H3. The molecule has 1 saturated heterocycles. The lowest BCUT2D eigenvalue weighted by atomic mass is 9.94. The van der Waals surface area contributed by atoms with E-state index < -0.39 is 0 Å². The third-order valence-electron chi connectivity index (χ3n) is 4.27. The monoisotopic (exact) mass is 361 g/mol. The second kappa shape index (κ2) is 8.75. The van der Waals surface area contributed by atoms with Gasteiger partial charge in [-0.1, -0.05) is 16.5 Å². The third kappa shape index (κ3) is 5.12. The summed E-state index contributed by atoms with van der Waals surface area (Å²) < 4.78 is 5.76. The first-order valence-corrected chi connectivity index (χ1v) is 9.32. The van der Waals surface area contributed by atoms with Gasteiger partial charge < -0.3 is 14.5 Å². The number of piperidine rings is 1. The molecule has 1 aliphatic heterocycles. The van der Waals surface area contributed by atoms with Crippen LogP contribution in [0.2, 0.25) is 0 Å². The highest BCUT2D eigenvalue weighted by atomic mass is 32.1. The molecule has 0 radical (unpaired) electrons. The normalized spacial score (nSPS) is 15.7. The Labute approximate surface area is 151 Å². The predicted octanol–water partition coefficient (Wildman–Crippen LogP) is 2.91. The molecule has 2 aromatic rings. The van der Waals surface area contributed by atoms with Crippen molar-refractivity contribution in [3.63, 3.8) is 0 Å². The molecule has 0 aliphatic carbocycles. The molecule has 134 valence electrons. The molecule has 3 rings (SSSR count). The van der Waals surface area contributed by atoms with Crippen molar-refractivity contribution in [2.45, 2.75) is 26.2 Å². The second-order valence-electron chi connectivity index (χ2n) is 6.06. The number of hydrogen-bond acceptors (Lipinski definition) is 8. The minimum atomic E-state index is 0.684. The fourth-order valence-corrected chi connectivity index (χ4v) is 3.47. The van der Waals surface area contributed by atoms with Crippen molar-refractivity contribution in [1.82, 2.24) is 15.2 Å². The Morgan fingerprint density at radius 2 is 2.16 bits per heavy atom. The van der Waals surface area contributed by atoms with Crippen LogP contribution in [-0.4, -0.2) is 48.2 Å². The Morgan fingerprint density at radius 3 is 2.88 bits per heavy atom. The molecule has 0 atom stereocenters. The van der Waals surface area contributed by atoms with Crippen LogP contribution in [0.25, 0.3) is 0 Å². The maximum Gasteiger partial charge on any atom is 0.273 e. The lowest BCUT2D eigenvalue weighted by Gasteiger charge is -2.32. The van der Waals surface area contributed by atoms with Gasteiger partial charge in [0.05, 0.1) is 24.2 Å². The van der Waals surface area contributed by atoms with Crippen LogP contribution < -0.4 is 9.64 Å². The van der Waals surface area contributed by atoms with Crippen molar-refractivity contribution in [3.8, 4) is 5.19 Å². The van der Waals surface area contributed by atoms with E-state index in [1.54, 1.807) is 6.21 Å². The van der Waals surface area contributed by atoms with E-state index in [-0.39, 0.29) is 0 Å². The van der Waals surface area contributed by atoms with Crippen LogP contribution in [0, 0.1) is 12.8 Å². The summed E-state index contributed by atoms with van der Waals surface area (Å²) in [4.78, 5) is 11.3. The van der Waals surface area contributed by atoms with Gasteiger partial charge in [-0.25, -0.2) is 4.98 Å². The van der Waals surface area contributed by atoms with Crippen LogP contribution in [0.4, 0.5) is 5.82 Å². The zero-order chi connectivity index (χ0) is 17.5. The number of oxime groups is 1. The van der Waals surface area contributed by atoms with Crippen LogP contribution in [0.3, 0.4) is 0 Å². The highest BCUT2D eigenvalue weighted by Gasteiger charge is 2.20. The zero-order valence-electron chi connectivity index (χ0n) is 14.6. The van der Waals surface area contributed by atoms with Gasteiger partial charge >= 0.3 is 0 Å². The lowest BCUT2D eigenvalue weighted by molar-refractivity contribution is 0.215. The van der Waals surface area contributed by atoms with Gasteiger partial charge in [-0.15, -0.1) is 5.10 Å². The first kappa shape index (κ1) is 17.6. The molecule has 3 heterocycles. The van der Waals surface area contributed by atoms with Gasteiger partial charge in [-0.2, -0.15) is 5.10 Å². The number of anilines is 1. The van der Waals surface area contributed by atoms with Crippen LogP contribution in [-0.2, 0) is 4.84 Å². The highest BCUT2D eigenvalue weighted by Crippen LogP contribution is 2.24. The Bertz CT molecular complexity index is 681. The van der Waals surface area contributed by atoms with E-state index in [0.29, 0.717) is 17.7 Å². The summed E-state index contributed by atoms with van der Waals surface area (Å²) in [5.74, 6) is 1.66. The first-order valence-electron chi connectivity index (χ1n) is 8.44. The number of hydrogen-bond donors (Lipinski definition) is 0. The Kier molecular flexibility index (Phi) is 6.16. The second-order valence-corrected chi connectivity index (χ2v) is 6.88. The lowest BCUT2D eigenvalue weighted by Crippen LogP contribution is -2.34. The summed E-state index contributed by atoms with van der Waals surface area (Å²) in [5, 5.41) is 14.7. The fourth-order valence-electron chi connectivity index (χ4n) is 2.83. The largest absolute Gasteiger partial charge is 0.470 e. The molecule has 1 fully saturated rings. The van der Waals surface area contributed by atoms with E-state index >= 15 is 0 Å². The Morgan fingerprint density at radius 1 is 1.32 bits per heavy atom. The highest BCUT2D eigenvalue weighted by molar-refractivity contribution is 7.11. The Hall–Kier alpha value is -2.22. The van der Waals surface area contributed by atoms with Crippen LogP contribution in [0.15, 0.2) is 22.7 Å². The number of rotatable bonds is 7. The van der Waals surface area contributed by atoms with Crippen LogP contribution >= 0.6 is 11.3 Å². The van der Waals surface area contributed by atoms with Crippen LogP contribution in [0.5, 0.6) is 5.19 Å². The van der Waals surface area contributed by atoms with Gasteiger partial charge in [0.25, 0.3) is 5.19 Å². The van der Waals surface area contributed by atoms with E-state index in [0.717, 1.165) is 49.6 Å². The molecular formula is C17H23N5O2S. The van der Waals surface area contributed by atoms with E-state index in [9.17, 15) is 0 Å². The van der Waals surface area contributed by atoms with E-state index in [2.05, 4.69) is 36.1 Å². The molecule has 0 unspecified atom stereocenters. The molecule has 0 amide bonds. The minimum absolute atomic E-state index is 0.684. The van der Waals surface area contributed by atoms with Gasteiger partial charge in [0.15, 0.2) is 5.82 Å². The smallest absolute Gasteiger partial charge is 0.273 e. The zero-order valence-corrected chi connectivity index (χ0v) is 15.4. The van der Waals surface area contributed by atoms with Gasteiger partial charge in [0.1, 0.15) is 7.11 Å². The van der Waals surface area contributed by atoms with Crippen molar-refractivity contribution in [2.75, 3.05) is 31.7 Å². The molecule has 1 aliphatic rings. The third-order valence-corrected chi connectivity index (χ3v) is 5.04. The molecule has 0 saturated carbocycles. The van der Waals surface area contributed by atoms with Crippen molar-refractivity contribution in [3.05, 3.63) is 28.9 Å². The minimum Gasteiger partial charge on any atom is -0.470 e. The average molecular weight is 361 g/mol. The molecule has 0 bridgehead atoms. The molecule has 0 aromatic carbocycles. The van der Waals surface area contributed by atoms with Gasteiger partial charge in [0, 0.05) is 18.5 Å². The average Bonchev–Trinajstić information content (AvgIpc) is 3.09. The number of ether oxygens (including phenoxy) is 1. The van der Waals surface area contributed by atoms with Gasteiger partial charge in [-0.3, -0.25) is 0 Å². The topological polar surface area (TPSA) is 72.7 Å². The number of aryl methyl sites for hydroxylation is 1. The summed E-state index contributed by atoms with van der Waals surface area (Å²) in [7, 11) is 1.51. The van der Waals surface area contributed by atoms with Crippen molar-refractivity contribution < 1.29 is 9.57 Å². The van der Waals surface area contributed by atoms with Crippen molar-refractivity contribution in [1.29, 1.82) is 0 Å². The predicted molar refractivity (Wildman–Crippen MR) is 98.5 cm³/mol. The molecule has 7 nitrogen and oxygen atoms in total. The summed E-state index contributed by atoms with van der Waals surface area (Å²) in [6.45, 7) is 4.71. The molecular weight excluding hydrogens is 338 g/mol. The maximum atomic E-state index is 5.76. The summed E-state index contributed by atoms with van der Waals surface area (Å²) >= 11 is 1.48. The summed E-state index contributed by atoms with van der Waals surface area (Å²) in [5.41, 5.74) is 1.71. The summed E-state index contributed by atoms with van der Waals surface area (Å²) in [6, 6.07) is 4.07. The number of thiazole rings is 1. The molecule has 8 heteroatoms. The molecule has 0 spiro atoms. The SMILES string of the molecule is CON=Cc1csc(OCCC2CCN(c3ccc(C)nn3)CC2)n1. The molecule has 0 N–H and O–H groups in total. The first-order chi connectivity index (χ1) is 12.2. The number of nitrogens with zero attached hydrogens (tertiary/aromatic N) is 5. The molecule has 25 heavy (non-hydrogen) atoms. The van der Waals surface area contributed by atoms with E-state index in [1.165, 1.54) is 18.4 Å². The van der Waals surface area contributed by atoms with Gasteiger partial charge in [0.2, 0.25) is 0 Å². The van der Waals surface area contributed by atoms with E-state index in [1.807, 2.05) is 18.4 Å². The van der Waals surface area contributed by atoms with Crippen molar-refractivity contribution >= 4 is 23.4 Å². The quantitative estimate of drug-likeness (QED) is 0.558. The fraction of sp³-hybridized carbons (Fsp3) is 0.529. The molecule has 2 aromatic heterocycles. The Balaban J connectivity index is 1.38. The van der Waals surface area contributed by atoms with E-state index in [4.69, 9.17) is 4.74 Å².